The van der Waals surface area contributed by atoms with Crippen LogP contribution < -0.4 is 5.32 Å². The van der Waals surface area contributed by atoms with Crippen molar-refractivity contribution in [1.82, 2.24) is 25.0 Å². The highest BCUT2D eigenvalue weighted by molar-refractivity contribution is 4.89. The van der Waals surface area contributed by atoms with Crippen molar-refractivity contribution in [1.29, 1.82) is 0 Å². The Morgan fingerprint density at radius 3 is 3.00 bits per heavy atom. The molecule has 0 amide bonds. The zero-order valence-electron chi connectivity index (χ0n) is 9.64. The van der Waals surface area contributed by atoms with Crippen LogP contribution in [0.2, 0.25) is 0 Å². The van der Waals surface area contributed by atoms with Crippen LogP contribution in [0.25, 0.3) is 0 Å². The van der Waals surface area contributed by atoms with Gasteiger partial charge in [-0.2, -0.15) is 0 Å². The fraction of sp³-hybridized carbons (Fsp3) is 0.800. The van der Waals surface area contributed by atoms with Gasteiger partial charge in [-0.05, 0) is 13.8 Å². The van der Waals surface area contributed by atoms with Crippen LogP contribution in [0.15, 0.2) is 6.33 Å². The SMILES string of the molecule is CC1CN(Cc2nncn2C)C(C)CN1. The first-order valence-corrected chi connectivity index (χ1v) is 5.47. The summed E-state index contributed by atoms with van der Waals surface area (Å²) >= 11 is 0. The van der Waals surface area contributed by atoms with Gasteiger partial charge in [0.25, 0.3) is 0 Å². The molecule has 5 nitrogen and oxygen atoms in total. The minimum Gasteiger partial charge on any atom is -0.320 e. The Labute approximate surface area is 90.5 Å². The van der Waals surface area contributed by atoms with Gasteiger partial charge in [0.15, 0.2) is 0 Å². The first kappa shape index (κ1) is 10.6. The molecule has 5 heteroatoms. The molecule has 0 radical (unpaired) electrons. The van der Waals surface area contributed by atoms with Gasteiger partial charge in [-0.15, -0.1) is 10.2 Å². The maximum absolute atomic E-state index is 4.12. The van der Waals surface area contributed by atoms with Gasteiger partial charge in [0, 0.05) is 32.2 Å². The zero-order chi connectivity index (χ0) is 10.8. The van der Waals surface area contributed by atoms with Crippen LogP contribution in [0.4, 0.5) is 0 Å². The summed E-state index contributed by atoms with van der Waals surface area (Å²) in [5, 5.41) is 11.5. The summed E-state index contributed by atoms with van der Waals surface area (Å²) in [6.45, 7) is 7.49. The van der Waals surface area contributed by atoms with Crippen LogP contribution in [-0.2, 0) is 13.6 Å². The average molecular weight is 209 g/mol. The van der Waals surface area contributed by atoms with Gasteiger partial charge in [-0.3, -0.25) is 4.90 Å². The maximum atomic E-state index is 4.12. The van der Waals surface area contributed by atoms with Crippen molar-refractivity contribution in [2.45, 2.75) is 32.5 Å². The average Bonchev–Trinajstić information content (AvgIpc) is 2.58. The Morgan fingerprint density at radius 1 is 1.53 bits per heavy atom. The summed E-state index contributed by atoms with van der Waals surface area (Å²) in [6, 6.07) is 1.13. The summed E-state index contributed by atoms with van der Waals surface area (Å²) in [6.07, 6.45) is 1.76. The number of hydrogen-bond donors (Lipinski definition) is 1. The highest BCUT2D eigenvalue weighted by Crippen LogP contribution is 2.10. The normalized spacial score (nSPS) is 28.2. The third kappa shape index (κ3) is 2.35. The third-order valence-electron chi connectivity index (χ3n) is 3.04. The topological polar surface area (TPSA) is 46.0 Å². The fourth-order valence-electron chi connectivity index (χ4n) is 1.95. The fourth-order valence-corrected chi connectivity index (χ4v) is 1.95. The second-order valence-corrected chi connectivity index (χ2v) is 4.45. The molecule has 1 N–H and O–H groups in total. The van der Waals surface area contributed by atoms with Crippen LogP contribution in [-0.4, -0.2) is 44.8 Å². The molecule has 84 valence electrons. The van der Waals surface area contributed by atoms with E-state index in [4.69, 9.17) is 0 Å². The van der Waals surface area contributed by atoms with E-state index < -0.39 is 0 Å². The Bertz CT molecular complexity index is 321. The highest BCUT2D eigenvalue weighted by atomic mass is 15.3. The molecule has 2 rings (SSSR count). The molecule has 0 bridgehead atoms. The largest absolute Gasteiger partial charge is 0.320 e. The van der Waals surface area contributed by atoms with E-state index in [-0.39, 0.29) is 0 Å². The van der Waals surface area contributed by atoms with Gasteiger partial charge in [0.05, 0.1) is 6.54 Å². The molecule has 2 atom stereocenters. The van der Waals surface area contributed by atoms with E-state index in [9.17, 15) is 0 Å². The molecule has 2 heterocycles. The molecule has 2 unspecified atom stereocenters. The summed E-state index contributed by atoms with van der Waals surface area (Å²) < 4.78 is 1.99. The smallest absolute Gasteiger partial charge is 0.146 e. The molecule has 1 aromatic heterocycles. The molecule has 0 aromatic carbocycles. The number of aryl methyl sites for hydroxylation is 1. The molecular weight excluding hydrogens is 190 g/mol. The quantitative estimate of drug-likeness (QED) is 0.744. The molecular formula is C10H19N5. The molecule has 15 heavy (non-hydrogen) atoms. The lowest BCUT2D eigenvalue weighted by Gasteiger charge is -2.37. The molecule has 1 aliphatic heterocycles. The van der Waals surface area contributed by atoms with Crippen LogP contribution in [0, 0.1) is 0 Å². The molecule has 0 saturated carbocycles. The van der Waals surface area contributed by atoms with Crippen LogP contribution in [0.5, 0.6) is 0 Å². The molecule has 0 spiro atoms. The van der Waals surface area contributed by atoms with Crippen molar-refractivity contribution in [3.63, 3.8) is 0 Å². The summed E-state index contributed by atoms with van der Waals surface area (Å²) in [4.78, 5) is 2.45. The number of nitrogens with zero attached hydrogens (tertiary/aromatic N) is 4. The van der Waals surface area contributed by atoms with Crippen LogP contribution in [0.3, 0.4) is 0 Å². The predicted molar refractivity (Wildman–Crippen MR) is 58.3 cm³/mol. The minimum absolute atomic E-state index is 0.564. The minimum atomic E-state index is 0.564. The number of piperazine rings is 1. The Hall–Kier alpha value is -0.940. The molecule has 1 fully saturated rings. The third-order valence-corrected chi connectivity index (χ3v) is 3.04. The van der Waals surface area contributed by atoms with Crippen molar-refractivity contribution in [2.75, 3.05) is 13.1 Å². The molecule has 1 aliphatic rings. The first-order valence-electron chi connectivity index (χ1n) is 5.47. The highest BCUT2D eigenvalue weighted by Gasteiger charge is 2.23. The van der Waals surface area contributed by atoms with Gasteiger partial charge in [-0.1, -0.05) is 0 Å². The molecule has 1 saturated heterocycles. The first-order chi connectivity index (χ1) is 7.16. The van der Waals surface area contributed by atoms with Crippen molar-refractivity contribution in [3.8, 4) is 0 Å². The number of hydrogen-bond acceptors (Lipinski definition) is 4. The van der Waals surface area contributed by atoms with Gasteiger partial charge in [-0.25, -0.2) is 0 Å². The standard InChI is InChI=1S/C10H19N5/c1-8-5-15(9(2)4-11-8)6-10-13-12-7-14(10)3/h7-9,11H,4-6H2,1-3H3. The van der Waals surface area contributed by atoms with Crippen LogP contribution in [0.1, 0.15) is 19.7 Å². The van der Waals surface area contributed by atoms with E-state index in [2.05, 4.69) is 34.3 Å². The number of aromatic nitrogens is 3. The van der Waals surface area contributed by atoms with Gasteiger partial charge >= 0.3 is 0 Å². The van der Waals surface area contributed by atoms with E-state index >= 15 is 0 Å². The second kappa shape index (κ2) is 4.28. The molecule has 1 aromatic rings. The van der Waals surface area contributed by atoms with E-state index in [0.29, 0.717) is 12.1 Å². The van der Waals surface area contributed by atoms with Crippen molar-refractivity contribution in [3.05, 3.63) is 12.2 Å². The lowest BCUT2D eigenvalue weighted by Crippen LogP contribution is -2.53. The number of rotatable bonds is 2. The zero-order valence-corrected chi connectivity index (χ0v) is 9.64. The van der Waals surface area contributed by atoms with Crippen molar-refractivity contribution < 1.29 is 0 Å². The van der Waals surface area contributed by atoms with Gasteiger partial charge < -0.3 is 9.88 Å². The van der Waals surface area contributed by atoms with Crippen molar-refractivity contribution >= 4 is 0 Å². The lowest BCUT2D eigenvalue weighted by molar-refractivity contribution is 0.134. The van der Waals surface area contributed by atoms with Crippen molar-refractivity contribution in [2.24, 2.45) is 7.05 Å². The summed E-state index contributed by atoms with van der Waals surface area (Å²) in [5.74, 6) is 1.04. The predicted octanol–water partition coefficient (Wildman–Crippen LogP) is -0.00270. The lowest BCUT2D eigenvalue weighted by atomic mass is 10.1. The van der Waals surface area contributed by atoms with Crippen LogP contribution >= 0.6 is 0 Å². The van der Waals surface area contributed by atoms with Gasteiger partial charge in [0.1, 0.15) is 12.2 Å². The maximum Gasteiger partial charge on any atom is 0.146 e. The number of nitrogens with one attached hydrogen (secondary N) is 1. The van der Waals surface area contributed by atoms with E-state index in [1.165, 1.54) is 0 Å². The van der Waals surface area contributed by atoms with E-state index in [0.717, 1.165) is 25.5 Å². The Kier molecular flexibility index (Phi) is 3.02. The van der Waals surface area contributed by atoms with E-state index in [1.54, 1.807) is 6.33 Å². The summed E-state index contributed by atoms with van der Waals surface area (Å²) in [5.41, 5.74) is 0. The summed E-state index contributed by atoms with van der Waals surface area (Å²) in [7, 11) is 1.99. The Morgan fingerprint density at radius 2 is 2.33 bits per heavy atom. The Balaban J connectivity index is 2.01. The van der Waals surface area contributed by atoms with Gasteiger partial charge in [0.2, 0.25) is 0 Å². The monoisotopic (exact) mass is 209 g/mol. The second-order valence-electron chi connectivity index (χ2n) is 4.45. The molecule has 0 aliphatic carbocycles. The van der Waals surface area contributed by atoms with E-state index in [1.807, 2.05) is 11.6 Å².